The van der Waals surface area contributed by atoms with Gasteiger partial charge >= 0.3 is 0 Å². The molecular weight excluding hydrogens is 174 g/mol. The van der Waals surface area contributed by atoms with Gasteiger partial charge in [0.25, 0.3) is 0 Å². The van der Waals surface area contributed by atoms with Gasteiger partial charge in [-0.3, -0.25) is 0 Å². The maximum absolute atomic E-state index is 9.27. The van der Waals surface area contributed by atoms with Gasteiger partial charge in [0.15, 0.2) is 0 Å². The van der Waals surface area contributed by atoms with Crippen LogP contribution in [0.3, 0.4) is 0 Å². The van der Waals surface area contributed by atoms with Crippen molar-refractivity contribution >= 4 is 0 Å². The summed E-state index contributed by atoms with van der Waals surface area (Å²) in [7, 11) is 0. The van der Waals surface area contributed by atoms with Gasteiger partial charge in [0.1, 0.15) is 5.75 Å². The van der Waals surface area contributed by atoms with Gasteiger partial charge in [0, 0.05) is 12.6 Å². The molecule has 1 unspecified atom stereocenters. The van der Waals surface area contributed by atoms with Gasteiger partial charge < -0.3 is 10.4 Å². The molecule has 14 heavy (non-hydrogen) atoms. The first-order chi connectivity index (χ1) is 6.75. The summed E-state index contributed by atoms with van der Waals surface area (Å²) in [5.41, 5.74) is 1.15. The Bertz CT molecular complexity index is 307. The molecule has 1 aromatic carbocycles. The average Bonchev–Trinajstić information content (AvgIpc) is 2.97. The molecule has 1 aliphatic rings. The zero-order valence-electron chi connectivity index (χ0n) is 8.53. The molecule has 1 aliphatic carbocycles. The van der Waals surface area contributed by atoms with E-state index < -0.39 is 0 Å². The van der Waals surface area contributed by atoms with Crippen molar-refractivity contribution in [1.29, 1.82) is 0 Å². The normalized spacial score (nSPS) is 18.1. The Kier molecular flexibility index (Phi) is 2.73. The van der Waals surface area contributed by atoms with E-state index in [0.717, 1.165) is 18.0 Å². The third kappa shape index (κ3) is 2.48. The molecule has 0 amide bonds. The van der Waals surface area contributed by atoms with Gasteiger partial charge in [-0.2, -0.15) is 0 Å². The molecule has 0 aliphatic heterocycles. The fourth-order valence-electron chi connectivity index (χ4n) is 1.71. The highest BCUT2D eigenvalue weighted by atomic mass is 16.3. The Morgan fingerprint density at radius 3 is 2.93 bits per heavy atom. The maximum atomic E-state index is 9.27. The lowest BCUT2D eigenvalue weighted by molar-refractivity contribution is 0.470. The van der Waals surface area contributed by atoms with Crippen LogP contribution in [0.25, 0.3) is 0 Å². The third-order valence-corrected chi connectivity index (χ3v) is 2.87. The monoisotopic (exact) mass is 191 g/mol. The van der Waals surface area contributed by atoms with Gasteiger partial charge in [-0.1, -0.05) is 12.1 Å². The van der Waals surface area contributed by atoms with Crippen molar-refractivity contribution in [2.75, 3.05) is 0 Å². The Labute approximate surface area is 85.0 Å². The van der Waals surface area contributed by atoms with Gasteiger partial charge in [0.2, 0.25) is 0 Å². The Balaban J connectivity index is 1.84. The van der Waals surface area contributed by atoms with Crippen LogP contribution in [0.15, 0.2) is 24.3 Å². The Hall–Kier alpha value is -1.02. The number of aromatic hydroxyl groups is 1. The van der Waals surface area contributed by atoms with E-state index in [4.69, 9.17) is 0 Å². The van der Waals surface area contributed by atoms with E-state index in [1.165, 1.54) is 12.8 Å². The van der Waals surface area contributed by atoms with E-state index >= 15 is 0 Å². The summed E-state index contributed by atoms with van der Waals surface area (Å²) < 4.78 is 0. The third-order valence-electron chi connectivity index (χ3n) is 2.87. The second-order valence-corrected chi connectivity index (χ2v) is 4.18. The molecule has 1 aromatic rings. The second kappa shape index (κ2) is 4.01. The van der Waals surface area contributed by atoms with Crippen LogP contribution in [0, 0.1) is 5.92 Å². The molecule has 2 nitrogen and oxygen atoms in total. The fourth-order valence-corrected chi connectivity index (χ4v) is 1.71. The molecule has 1 atom stereocenters. The molecule has 0 saturated heterocycles. The minimum atomic E-state index is 0.350. The highest BCUT2D eigenvalue weighted by molar-refractivity contribution is 5.26. The van der Waals surface area contributed by atoms with Crippen molar-refractivity contribution in [2.45, 2.75) is 32.4 Å². The number of hydrogen-bond acceptors (Lipinski definition) is 2. The SMILES string of the molecule is CC(NCc1cccc(O)c1)C1CC1. The standard InChI is InChI=1S/C12H17NO/c1-9(11-5-6-11)13-8-10-3-2-4-12(14)7-10/h2-4,7,9,11,13-14H,5-6,8H2,1H3. The topological polar surface area (TPSA) is 32.3 Å². The number of nitrogens with one attached hydrogen (secondary N) is 1. The van der Waals surface area contributed by atoms with E-state index in [1.54, 1.807) is 6.07 Å². The summed E-state index contributed by atoms with van der Waals surface area (Å²) in [5, 5.41) is 12.7. The molecule has 0 bridgehead atoms. The summed E-state index contributed by atoms with van der Waals surface area (Å²) in [6, 6.07) is 8.04. The maximum Gasteiger partial charge on any atom is 0.115 e. The summed E-state index contributed by atoms with van der Waals surface area (Å²) in [6.45, 7) is 3.09. The summed E-state index contributed by atoms with van der Waals surface area (Å²) in [6.07, 6.45) is 2.74. The van der Waals surface area contributed by atoms with E-state index in [-0.39, 0.29) is 0 Å². The number of phenolic OH excluding ortho intramolecular Hbond substituents is 1. The molecule has 2 heteroatoms. The largest absolute Gasteiger partial charge is 0.508 e. The fraction of sp³-hybridized carbons (Fsp3) is 0.500. The zero-order valence-corrected chi connectivity index (χ0v) is 8.53. The number of rotatable bonds is 4. The number of phenols is 1. The van der Waals surface area contributed by atoms with Crippen LogP contribution in [-0.4, -0.2) is 11.1 Å². The summed E-state index contributed by atoms with van der Waals surface area (Å²) >= 11 is 0. The molecule has 2 N–H and O–H groups in total. The first kappa shape index (κ1) is 9.53. The summed E-state index contributed by atoms with van der Waals surface area (Å²) in [4.78, 5) is 0. The smallest absolute Gasteiger partial charge is 0.115 e. The lowest BCUT2D eigenvalue weighted by Crippen LogP contribution is -2.27. The minimum absolute atomic E-state index is 0.350. The molecular formula is C12H17NO. The molecule has 1 fully saturated rings. The first-order valence-corrected chi connectivity index (χ1v) is 5.27. The van der Waals surface area contributed by atoms with Crippen molar-refractivity contribution in [3.8, 4) is 5.75 Å². The second-order valence-electron chi connectivity index (χ2n) is 4.18. The van der Waals surface area contributed by atoms with Gasteiger partial charge in [-0.05, 0) is 43.4 Å². The molecule has 1 saturated carbocycles. The molecule has 2 rings (SSSR count). The zero-order chi connectivity index (χ0) is 9.97. The molecule has 0 spiro atoms. The minimum Gasteiger partial charge on any atom is -0.508 e. The molecule has 0 radical (unpaired) electrons. The highest BCUT2D eigenvalue weighted by Gasteiger charge is 2.27. The van der Waals surface area contributed by atoms with Crippen LogP contribution in [0.2, 0.25) is 0 Å². The van der Waals surface area contributed by atoms with E-state index in [0.29, 0.717) is 11.8 Å². The predicted molar refractivity (Wildman–Crippen MR) is 57.1 cm³/mol. The first-order valence-electron chi connectivity index (χ1n) is 5.27. The summed E-state index contributed by atoms with van der Waals surface area (Å²) in [5.74, 6) is 1.23. The van der Waals surface area contributed by atoms with Crippen LogP contribution in [-0.2, 0) is 6.54 Å². The van der Waals surface area contributed by atoms with Crippen LogP contribution in [0.1, 0.15) is 25.3 Å². The Morgan fingerprint density at radius 1 is 1.50 bits per heavy atom. The van der Waals surface area contributed by atoms with Crippen LogP contribution >= 0.6 is 0 Å². The molecule has 0 aromatic heterocycles. The van der Waals surface area contributed by atoms with Gasteiger partial charge in [0.05, 0.1) is 0 Å². The lowest BCUT2D eigenvalue weighted by Gasteiger charge is -2.12. The molecule has 0 heterocycles. The highest BCUT2D eigenvalue weighted by Crippen LogP contribution is 2.32. The van der Waals surface area contributed by atoms with Gasteiger partial charge in [-0.15, -0.1) is 0 Å². The van der Waals surface area contributed by atoms with Crippen molar-refractivity contribution in [1.82, 2.24) is 5.32 Å². The predicted octanol–water partition coefficient (Wildman–Crippen LogP) is 2.28. The molecule has 76 valence electrons. The van der Waals surface area contributed by atoms with E-state index in [2.05, 4.69) is 12.2 Å². The van der Waals surface area contributed by atoms with Crippen LogP contribution < -0.4 is 5.32 Å². The Morgan fingerprint density at radius 2 is 2.29 bits per heavy atom. The average molecular weight is 191 g/mol. The quantitative estimate of drug-likeness (QED) is 0.765. The lowest BCUT2D eigenvalue weighted by atomic mass is 10.1. The van der Waals surface area contributed by atoms with Crippen molar-refractivity contribution in [3.05, 3.63) is 29.8 Å². The van der Waals surface area contributed by atoms with E-state index in [9.17, 15) is 5.11 Å². The van der Waals surface area contributed by atoms with Gasteiger partial charge in [-0.25, -0.2) is 0 Å². The van der Waals surface area contributed by atoms with Crippen molar-refractivity contribution in [2.24, 2.45) is 5.92 Å². The van der Waals surface area contributed by atoms with Crippen molar-refractivity contribution < 1.29 is 5.11 Å². The van der Waals surface area contributed by atoms with Crippen LogP contribution in [0.5, 0.6) is 5.75 Å². The van der Waals surface area contributed by atoms with Crippen molar-refractivity contribution in [3.63, 3.8) is 0 Å². The number of benzene rings is 1. The van der Waals surface area contributed by atoms with Crippen LogP contribution in [0.4, 0.5) is 0 Å². The number of hydrogen-bond donors (Lipinski definition) is 2. The van der Waals surface area contributed by atoms with E-state index in [1.807, 2.05) is 18.2 Å².